The molecule has 0 saturated heterocycles. The number of carbonyl (C=O) groups is 2. The molecule has 0 saturated carbocycles. The third-order valence-electron chi connectivity index (χ3n) is 9.70. The van der Waals surface area contributed by atoms with Gasteiger partial charge in [-0.15, -0.1) is 0 Å². The Morgan fingerprint density at radius 2 is 0.642 bits per heavy atom. The third kappa shape index (κ3) is 40.5. The Bertz CT molecular complexity index is 794. The number of aliphatic hydroxyl groups is 2. The summed E-state index contributed by atoms with van der Waals surface area (Å²) in [5.74, 6) is -0.862. The van der Waals surface area contributed by atoms with Crippen molar-refractivity contribution < 1.29 is 47.8 Å². The summed E-state index contributed by atoms with van der Waals surface area (Å²) in [7, 11) is -4.59. The molecular weight excluding hydrogens is 695 g/mol. The zero-order chi connectivity index (χ0) is 39.1. The fourth-order valence-corrected chi connectivity index (χ4v) is 7.09. The molecule has 0 aliphatic carbocycles. The molecule has 0 aromatic rings. The van der Waals surface area contributed by atoms with Crippen LogP contribution in [0.1, 0.15) is 219 Å². The van der Waals surface area contributed by atoms with Crippen LogP contribution in [-0.2, 0) is 32.7 Å². The van der Waals surface area contributed by atoms with E-state index in [-0.39, 0.29) is 26.1 Å². The van der Waals surface area contributed by atoms with Gasteiger partial charge in [0.15, 0.2) is 0 Å². The van der Waals surface area contributed by atoms with Crippen LogP contribution in [0.15, 0.2) is 0 Å². The van der Waals surface area contributed by atoms with Crippen LogP contribution in [0.2, 0.25) is 0 Å². The topological polar surface area (TPSA) is 149 Å². The maximum Gasteiger partial charge on any atom is 0.472 e. The smallest absolute Gasteiger partial charge is 0.463 e. The van der Waals surface area contributed by atoms with Gasteiger partial charge in [-0.3, -0.25) is 18.6 Å². The second kappa shape index (κ2) is 39.2. The summed E-state index contributed by atoms with van der Waals surface area (Å²) in [6.45, 7) is 2.59. The van der Waals surface area contributed by atoms with Crippen LogP contribution in [0, 0.1) is 0 Å². The van der Waals surface area contributed by atoms with E-state index in [0.717, 1.165) is 38.5 Å². The van der Waals surface area contributed by atoms with E-state index in [1.165, 1.54) is 154 Å². The maximum absolute atomic E-state index is 12.1. The van der Waals surface area contributed by atoms with E-state index in [1.54, 1.807) is 0 Å². The van der Waals surface area contributed by atoms with Crippen LogP contribution in [0.3, 0.4) is 0 Å². The molecule has 2 unspecified atom stereocenters. The van der Waals surface area contributed by atoms with Gasteiger partial charge in [-0.05, 0) is 12.8 Å². The van der Waals surface area contributed by atoms with E-state index in [1.807, 2.05) is 0 Å². The SMILES string of the molecule is CCCCCCCCCCCCCCCCCC(=O)OCC(O)COP(=O)(O)OCC(O)COC(=O)CCCCCCCCCCCCCCCCC. The van der Waals surface area contributed by atoms with Crippen molar-refractivity contribution in [1.82, 2.24) is 0 Å². The van der Waals surface area contributed by atoms with Gasteiger partial charge in [0.1, 0.15) is 25.4 Å². The minimum atomic E-state index is -4.59. The van der Waals surface area contributed by atoms with Gasteiger partial charge in [0, 0.05) is 12.8 Å². The van der Waals surface area contributed by atoms with Crippen LogP contribution >= 0.6 is 7.82 Å². The second-order valence-electron chi connectivity index (χ2n) is 15.1. The van der Waals surface area contributed by atoms with Crippen LogP contribution < -0.4 is 0 Å². The number of hydrogen-bond donors (Lipinski definition) is 3. The molecule has 0 aromatic heterocycles. The molecule has 0 amide bonds. The molecule has 11 heteroatoms. The van der Waals surface area contributed by atoms with Crippen molar-refractivity contribution in [3.8, 4) is 0 Å². The van der Waals surface area contributed by atoms with E-state index in [2.05, 4.69) is 13.8 Å². The number of hydrogen-bond acceptors (Lipinski definition) is 9. The van der Waals surface area contributed by atoms with Gasteiger partial charge in [-0.25, -0.2) is 4.57 Å². The van der Waals surface area contributed by atoms with Gasteiger partial charge in [-0.1, -0.05) is 194 Å². The number of aliphatic hydroxyl groups excluding tert-OH is 2. The summed E-state index contributed by atoms with van der Waals surface area (Å²) in [5, 5.41) is 20.0. The van der Waals surface area contributed by atoms with E-state index < -0.39 is 45.2 Å². The van der Waals surface area contributed by atoms with E-state index in [0.29, 0.717) is 0 Å². The molecule has 0 heterocycles. The number of unbranched alkanes of at least 4 members (excludes halogenated alkanes) is 28. The van der Waals surface area contributed by atoms with Gasteiger partial charge in [0.25, 0.3) is 0 Å². The zero-order valence-electron chi connectivity index (χ0n) is 34.3. The van der Waals surface area contributed by atoms with Crippen LogP contribution in [-0.4, -0.2) is 65.7 Å². The number of ether oxygens (including phenoxy) is 2. The van der Waals surface area contributed by atoms with Gasteiger partial charge in [0.2, 0.25) is 0 Å². The number of rotatable bonds is 42. The molecule has 0 radical (unpaired) electrons. The summed E-state index contributed by atoms with van der Waals surface area (Å²) in [6, 6.07) is 0. The van der Waals surface area contributed by atoms with E-state index >= 15 is 0 Å². The number of esters is 2. The normalized spacial score (nSPS) is 13.8. The van der Waals surface area contributed by atoms with Gasteiger partial charge in [-0.2, -0.15) is 0 Å². The van der Waals surface area contributed by atoms with Gasteiger partial charge >= 0.3 is 19.8 Å². The van der Waals surface area contributed by atoms with Crippen molar-refractivity contribution >= 4 is 19.8 Å². The second-order valence-corrected chi connectivity index (χ2v) is 16.6. The first kappa shape index (κ1) is 52.0. The lowest BCUT2D eigenvalue weighted by atomic mass is 10.0. The van der Waals surface area contributed by atoms with E-state index in [9.17, 15) is 29.3 Å². The Labute approximate surface area is 324 Å². The lowest BCUT2D eigenvalue weighted by Gasteiger charge is -2.17. The fraction of sp³-hybridized carbons (Fsp3) is 0.952. The molecule has 0 fully saturated rings. The summed E-state index contributed by atoms with van der Waals surface area (Å²) in [4.78, 5) is 33.8. The van der Waals surface area contributed by atoms with Crippen LogP contribution in [0.25, 0.3) is 0 Å². The fourth-order valence-electron chi connectivity index (χ4n) is 6.30. The zero-order valence-corrected chi connectivity index (χ0v) is 35.2. The predicted octanol–water partition coefficient (Wildman–Crippen LogP) is 11.5. The standard InChI is InChI=1S/C42H83O10P/c1-3-5-7-9-11-13-15-17-19-21-23-25-27-29-31-33-41(45)49-35-39(43)37-51-53(47,48)52-38-40(44)36-50-42(46)34-32-30-28-26-24-22-20-18-16-14-12-10-8-6-4-2/h39-40,43-44H,3-38H2,1-2H3,(H,47,48). The van der Waals surface area contributed by atoms with Crippen molar-refractivity contribution in [1.29, 1.82) is 0 Å². The highest BCUT2D eigenvalue weighted by molar-refractivity contribution is 7.47. The lowest BCUT2D eigenvalue weighted by Crippen LogP contribution is -2.25. The largest absolute Gasteiger partial charge is 0.472 e. The molecule has 0 spiro atoms. The predicted molar refractivity (Wildman–Crippen MR) is 215 cm³/mol. The Morgan fingerprint density at radius 3 is 0.887 bits per heavy atom. The average Bonchev–Trinajstić information content (AvgIpc) is 3.14. The Morgan fingerprint density at radius 1 is 0.415 bits per heavy atom. The highest BCUT2D eigenvalue weighted by atomic mass is 31.2. The molecule has 0 rings (SSSR count). The van der Waals surface area contributed by atoms with Crippen molar-refractivity contribution in [3.63, 3.8) is 0 Å². The number of phosphoric ester groups is 1. The third-order valence-corrected chi connectivity index (χ3v) is 10.7. The number of carbonyl (C=O) groups excluding carboxylic acids is 2. The highest BCUT2D eigenvalue weighted by Crippen LogP contribution is 2.43. The van der Waals surface area contributed by atoms with Crippen LogP contribution in [0.5, 0.6) is 0 Å². The first-order valence-corrected chi connectivity index (χ1v) is 23.5. The minimum absolute atomic E-state index is 0.259. The van der Waals surface area contributed by atoms with Crippen molar-refractivity contribution in [2.24, 2.45) is 0 Å². The molecule has 316 valence electrons. The van der Waals surface area contributed by atoms with Crippen molar-refractivity contribution in [2.75, 3.05) is 26.4 Å². The number of phosphoric acid groups is 1. The lowest BCUT2D eigenvalue weighted by molar-refractivity contribution is -0.147. The molecule has 0 bridgehead atoms. The summed E-state index contributed by atoms with van der Waals surface area (Å²) in [6.07, 6.45) is 35.1. The monoisotopic (exact) mass is 779 g/mol. The first-order valence-electron chi connectivity index (χ1n) is 22.0. The van der Waals surface area contributed by atoms with Gasteiger partial charge in [0.05, 0.1) is 13.2 Å². The molecule has 2 atom stereocenters. The summed E-state index contributed by atoms with van der Waals surface area (Å²) >= 11 is 0. The Balaban J connectivity index is 3.65. The maximum atomic E-state index is 12.1. The van der Waals surface area contributed by atoms with E-state index in [4.69, 9.17) is 18.5 Å². The highest BCUT2D eigenvalue weighted by Gasteiger charge is 2.25. The van der Waals surface area contributed by atoms with Crippen molar-refractivity contribution in [3.05, 3.63) is 0 Å². The molecule has 0 aliphatic rings. The van der Waals surface area contributed by atoms with Crippen LogP contribution in [0.4, 0.5) is 0 Å². The molecule has 53 heavy (non-hydrogen) atoms. The van der Waals surface area contributed by atoms with Crippen molar-refractivity contribution in [2.45, 2.75) is 232 Å². The summed E-state index contributed by atoms with van der Waals surface area (Å²) in [5.41, 5.74) is 0. The summed E-state index contributed by atoms with van der Waals surface area (Å²) < 4.78 is 31.7. The first-order chi connectivity index (χ1) is 25.7. The molecule has 3 N–H and O–H groups in total. The average molecular weight is 779 g/mol. The molecular formula is C42H83O10P. The molecule has 0 aliphatic heterocycles. The molecule has 10 nitrogen and oxygen atoms in total. The minimum Gasteiger partial charge on any atom is -0.463 e. The molecule has 0 aromatic carbocycles. The Hall–Kier alpha value is -1.03. The Kier molecular flexibility index (Phi) is 38.5. The quantitative estimate of drug-likeness (QED) is 0.0310. The van der Waals surface area contributed by atoms with Gasteiger partial charge < -0.3 is 24.6 Å².